The third-order valence-electron chi connectivity index (χ3n) is 4.55. The third kappa shape index (κ3) is 1.88. The number of nitrogens with zero attached hydrogens (tertiary/aromatic N) is 1. The van der Waals surface area contributed by atoms with Crippen molar-refractivity contribution in [3.05, 3.63) is 0 Å². The molecule has 3 atom stereocenters. The molecule has 3 rings (SSSR count). The summed E-state index contributed by atoms with van der Waals surface area (Å²) < 4.78 is 32.2. The molecule has 17 heavy (non-hydrogen) atoms. The maximum Gasteiger partial charge on any atom is 0.258 e. The van der Waals surface area contributed by atoms with Gasteiger partial charge in [0.2, 0.25) is 0 Å². The number of alkyl halides is 2. The number of ether oxygens (including phenoxy) is 1. The van der Waals surface area contributed by atoms with Crippen molar-refractivity contribution in [2.75, 3.05) is 32.8 Å². The normalized spacial score (nSPS) is 44.6. The lowest BCUT2D eigenvalue weighted by Gasteiger charge is -2.24. The van der Waals surface area contributed by atoms with Crippen LogP contribution in [0.5, 0.6) is 0 Å². The van der Waals surface area contributed by atoms with Gasteiger partial charge >= 0.3 is 0 Å². The molecule has 98 valence electrons. The van der Waals surface area contributed by atoms with E-state index in [-0.39, 0.29) is 12.5 Å². The van der Waals surface area contributed by atoms with Crippen molar-refractivity contribution in [1.82, 2.24) is 4.90 Å². The fraction of sp³-hybridized carbons (Fsp3) is 1.00. The van der Waals surface area contributed by atoms with Crippen LogP contribution in [0.25, 0.3) is 0 Å². The van der Waals surface area contributed by atoms with Crippen molar-refractivity contribution in [2.24, 2.45) is 11.3 Å². The summed E-state index contributed by atoms with van der Waals surface area (Å²) in [6.45, 7) is 2.31. The van der Waals surface area contributed by atoms with Crippen molar-refractivity contribution in [2.45, 2.75) is 31.3 Å². The van der Waals surface area contributed by atoms with Crippen molar-refractivity contribution >= 4 is 0 Å². The van der Waals surface area contributed by atoms with Gasteiger partial charge in [0, 0.05) is 32.7 Å². The van der Waals surface area contributed by atoms with Crippen LogP contribution in [-0.4, -0.2) is 54.9 Å². The number of halogens is 2. The Morgan fingerprint density at radius 1 is 1.35 bits per heavy atom. The van der Waals surface area contributed by atoms with E-state index in [2.05, 4.69) is 4.90 Å². The first-order valence-corrected chi connectivity index (χ1v) is 6.39. The summed E-state index contributed by atoms with van der Waals surface area (Å²) in [7, 11) is 0. The Hall–Kier alpha value is -0.260. The molecule has 3 nitrogen and oxygen atoms in total. The van der Waals surface area contributed by atoms with Gasteiger partial charge in [0.05, 0.1) is 18.1 Å². The minimum atomic E-state index is -2.67. The molecule has 0 bridgehead atoms. The fourth-order valence-corrected chi connectivity index (χ4v) is 3.30. The fourth-order valence-electron chi connectivity index (χ4n) is 3.30. The van der Waals surface area contributed by atoms with E-state index >= 15 is 0 Å². The van der Waals surface area contributed by atoms with Crippen molar-refractivity contribution in [1.29, 1.82) is 0 Å². The second kappa shape index (κ2) is 3.87. The molecule has 3 aliphatic rings. The Kier molecular flexibility index (Phi) is 2.69. The van der Waals surface area contributed by atoms with Crippen LogP contribution in [0.15, 0.2) is 0 Å². The van der Waals surface area contributed by atoms with Gasteiger partial charge in [-0.1, -0.05) is 0 Å². The Bertz CT molecular complexity index is 299. The number of rotatable bonds is 3. The van der Waals surface area contributed by atoms with Gasteiger partial charge in [-0.2, -0.15) is 0 Å². The van der Waals surface area contributed by atoms with Crippen LogP contribution >= 0.6 is 0 Å². The molecule has 3 fully saturated rings. The average molecular weight is 247 g/mol. The summed E-state index contributed by atoms with van der Waals surface area (Å²) in [6.07, 6.45) is 2.29. The van der Waals surface area contributed by atoms with Crippen molar-refractivity contribution in [3.63, 3.8) is 0 Å². The van der Waals surface area contributed by atoms with Gasteiger partial charge in [-0.05, 0) is 18.8 Å². The second-order valence-electron chi connectivity index (χ2n) is 5.83. The smallest absolute Gasteiger partial charge is 0.258 e. The maximum atomic E-state index is 13.3. The van der Waals surface area contributed by atoms with E-state index in [1.807, 2.05) is 0 Å². The summed E-state index contributed by atoms with van der Waals surface area (Å²) in [5.74, 6) is -2.16. The molecule has 2 aliphatic heterocycles. The molecular formula is C12H19F2NO2. The summed E-state index contributed by atoms with van der Waals surface area (Å²) in [5, 5.41) is 9.17. The summed E-state index contributed by atoms with van der Waals surface area (Å²) in [6, 6.07) is 0. The average Bonchev–Trinajstić information content (AvgIpc) is 2.68. The number of aliphatic hydroxyl groups is 1. The number of fused-ring (bicyclic) bond motifs is 1. The van der Waals surface area contributed by atoms with Gasteiger partial charge < -0.3 is 9.84 Å². The molecule has 1 N–H and O–H groups in total. The van der Waals surface area contributed by atoms with Gasteiger partial charge in [0.25, 0.3) is 5.92 Å². The zero-order valence-corrected chi connectivity index (χ0v) is 9.87. The predicted molar refractivity (Wildman–Crippen MR) is 58.0 cm³/mol. The third-order valence-corrected chi connectivity index (χ3v) is 4.55. The molecule has 0 aromatic rings. The van der Waals surface area contributed by atoms with Crippen LogP contribution < -0.4 is 0 Å². The zero-order chi connectivity index (χ0) is 12.1. The predicted octanol–water partition coefficient (Wildman–Crippen LogP) is 1.11. The summed E-state index contributed by atoms with van der Waals surface area (Å²) in [5.41, 5.74) is -1.17. The van der Waals surface area contributed by atoms with Crippen LogP contribution in [0.2, 0.25) is 0 Å². The number of likely N-dealkylation sites (tertiary alicyclic amines) is 1. The lowest BCUT2D eigenvalue weighted by Crippen LogP contribution is -2.34. The Balaban J connectivity index is 1.60. The molecule has 2 heterocycles. The van der Waals surface area contributed by atoms with Gasteiger partial charge in [-0.25, -0.2) is 8.78 Å². The van der Waals surface area contributed by atoms with Crippen LogP contribution in [0.3, 0.4) is 0 Å². The van der Waals surface area contributed by atoms with Gasteiger partial charge in [-0.15, -0.1) is 0 Å². The number of aliphatic hydroxyl groups excluding tert-OH is 1. The minimum Gasteiger partial charge on any atom is -0.396 e. The van der Waals surface area contributed by atoms with E-state index in [9.17, 15) is 13.9 Å². The lowest BCUT2D eigenvalue weighted by atomic mass is 9.98. The van der Waals surface area contributed by atoms with E-state index in [0.717, 1.165) is 32.5 Å². The largest absolute Gasteiger partial charge is 0.396 e. The minimum absolute atomic E-state index is 0.164. The summed E-state index contributed by atoms with van der Waals surface area (Å²) in [4.78, 5) is 2.05. The van der Waals surface area contributed by atoms with E-state index in [4.69, 9.17) is 4.74 Å². The van der Waals surface area contributed by atoms with Crippen LogP contribution in [-0.2, 0) is 4.74 Å². The Morgan fingerprint density at radius 2 is 2.12 bits per heavy atom. The van der Waals surface area contributed by atoms with Gasteiger partial charge in [0.1, 0.15) is 0 Å². The van der Waals surface area contributed by atoms with Crippen molar-refractivity contribution < 1.29 is 18.6 Å². The molecule has 0 radical (unpaired) electrons. The number of hydrogen-bond donors (Lipinski definition) is 1. The molecular weight excluding hydrogens is 228 g/mol. The lowest BCUT2D eigenvalue weighted by molar-refractivity contribution is -0.00419. The molecule has 0 amide bonds. The van der Waals surface area contributed by atoms with Gasteiger partial charge in [-0.3, -0.25) is 4.90 Å². The molecule has 0 aromatic carbocycles. The second-order valence-corrected chi connectivity index (χ2v) is 5.83. The SMILES string of the molecule is OC[C@]1(CN2C[C@H]3CCCO[C@H]3C2)CC1(F)F. The van der Waals surface area contributed by atoms with Crippen LogP contribution in [0.1, 0.15) is 19.3 Å². The van der Waals surface area contributed by atoms with E-state index in [0.29, 0.717) is 12.5 Å². The molecule has 2 saturated heterocycles. The highest BCUT2D eigenvalue weighted by Gasteiger charge is 2.71. The monoisotopic (exact) mass is 247 g/mol. The highest BCUT2D eigenvalue weighted by molar-refractivity contribution is 5.12. The van der Waals surface area contributed by atoms with Gasteiger partial charge in [0.15, 0.2) is 0 Å². The highest BCUT2D eigenvalue weighted by atomic mass is 19.3. The first-order valence-electron chi connectivity index (χ1n) is 6.39. The van der Waals surface area contributed by atoms with Crippen molar-refractivity contribution in [3.8, 4) is 0 Å². The Labute approximate surface area is 99.7 Å². The van der Waals surface area contributed by atoms with Crippen LogP contribution in [0.4, 0.5) is 8.78 Å². The standard InChI is InChI=1S/C12H19F2NO2/c13-12(14)6-11(12,8-16)7-15-4-9-2-1-3-17-10(9)5-15/h9-10,16H,1-8H2/t9-,10+,11-/m1/s1. The highest BCUT2D eigenvalue weighted by Crippen LogP contribution is 2.60. The molecule has 0 aromatic heterocycles. The first kappa shape index (κ1) is 11.8. The van der Waals surface area contributed by atoms with E-state index < -0.39 is 17.9 Å². The first-order chi connectivity index (χ1) is 8.06. The quantitative estimate of drug-likeness (QED) is 0.811. The summed E-state index contributed by atoms with van der Waals surface area (Å²) >= 11 is 0. The molecule has 1 aliphatic carbocycles. The van der Waals surface area contributed by atoms with E-state index in [1.54, 1.807) is 0 Å². The maximum absolute atomic E-state index is 13.3. The molecule has 1 saturated carbocycles. The molecule has 0 unspecified atom stereocenters. The molecule has 5 heteroatoms. The van der Waals surface area contributed by atoms with E-state index in [1.165, 1.54) is 0 Å². The van der Waals surface area contributed by atoms with Crippen LogP contribution in [0, 0.1) is 11.3 Å². The Morgan fingerprint density at radius 3 is 2.71 bits per heavy atom. The number of hydrogen-bond acceptors (Lipinski definition) is 3. The zero-order valence-electron chi connectivity index (χ0n) is 9.87. The topological polar surface area (TPSA) is 32.7 Å². The molecule has 0 spiro atoms.